The molecule has 0 N–H and O–H groups in total. The Morgan fingerprint density at radius 2 is 1.76 bits per heavy atom. The van der Waals surface area contributed by atoms with Gasteiger partial charge in [-0.2, -0.15) is 5.10 Å². The van der Waals surface area contributed by atoms with Gasteiger partial charge in [0.2, 0.25) is 0 Å². The van der Waals surface area contributed by atoms with Crippen molar-refractivity contribution < 1.29 is 8.42 Å². The van der Waals surface area contributed by atoms with Crippen molar-refractivity contribution in [1.82, 2.24) is 14.7 Å². The number of para-hydroxylation sites is 1. The Morgan fingerprint density at radius 3 is 2.38 bits per heavy atom. The zero-order valence-electron chi connectivity index (χ0n) is 16.7. The van der Waals surface area contributed by atoms with Gasteiger partial charge in [-0.05, 0) is 31.5 Å². The highest BCUT2D eigenvalue weighted by atomic mass is 32.2. The summed E-state index contributed by atoms with van der Waals surface area (Å²) in [6.07, 6.45) is 3.80. The van der Waals surface area contributed by atoms with Gasteiger partial charge in [0.1, 0.15) is 0 Å². The van der Waals surface area contributed by atoms with Gasteiger partial charge in [0, 0.05) is 29.9 Å². The van der Waals surface area contributed by atoms with Gasteiger partial charge in [-0.1, -0.05) is 55.5 Å². The van der Waals surface area contributed by atoms with Crippen molar-refractivity contribution in [2.45, 2.75) is 32.4 Å². The molecule has 0 amide bonds. The van der Waals surface area contributed by atoms with Crippen LogP contribution in [-0.2, 0) is 16.4 Å². The van der Waals surface area contributed by atoms with Gasteiger partial charge in [-0.3, -0.25) is 4.90 Å². The molecular weight excluding hydrogens is 382 g/mol. The first-order valence-electron chi connectivity index (χ1n) is 10.2. The van der Waals surface area contributed by atoms with Crippen molar-refractivity contribution in [2.75, 3.05) is 18.1 Å². The van der Waals surface area contributed by atoms with Crippen molar-refractivity contribution in [3.63, 3.8) is 0 Å². The average molecular weight is 410 g/mol. The Labute approximate surface area is 172 Å². The molecule has 1 unspecified atom stereocenters. The average Bonchev–Trinajstić information content (AvgIpc) is 3.32. The first kappa shape index (κ1) is 19.9. The third-order valence-corrected chi connectivity index (χ3v) is 7.22. The van der Waals surface area contributed by atoms with Crippen LogP contribution < -0.4 is 0 Å². The van der Waals surface area contributed by atoms with E-state index in [2.05, 4.69) is 30.2 Å². The van der Waals surface area contributed by atoms with Crippen LogP contribution in [0.2, 0.25) is 0 Å². The summed E-state index contributed by atoms with van der Waals surface area (Å²) in [5.41, 5.74) is 4.17. The monoisotopic (exact) mass is 409 g/mol. The molecule has 1 fully saturated rings. The summed E-state index contributed by atoms with van der Waals surface area (Å²) in [6, 6.07) is 20.4. The molecule has 1 saturated heterocycles. The predicted molar refractivity (Wildman–Crippen MR) is 117 cm³/mol. The smallest absolute Gasteiger partial charge is 0.151 e. The molecule has 0 radical (unpaired) electrons. The van der Waals surface area contributed by atoms with E-state index < -0.39 is 9.84 Å². The van der Waals surface area contributed by atoms with Gasteiger partial charge in [0.25, 0.3) is 0 Å². The van der Waals surface area contributed by atoms with Crippen LogP contribution >= 0.6 is 0 Å². The lowest BCUT2D eigenvalue weighted by Gasteiger charge is -2.27. The summed E-state index contributed by atoms with van der Waals surface area (Å²) in [6.45, 7) is 3.72. The second kappa shape index (κ2) is 8.51. The van der Waals surface area contributed by atoms with Gasteiger partial charge in [0.05, 0.1) is 22.9 Å². The molecule has 29 heavy (non-hydrogen) atoms. The number of rotatable bonds is 7. The number of hydrogen-bond donors (Lipinski definition) is 0. The Morgan fingerprint density at radius 1 is 1.07 bits per heavy atom. The number of benzene rings is 2. The molecule has 1 aliphatic rings. The van der Waals surface area contributed by atoms with Crippen LogP contribution in [-0.4, -0.2) is 47.2 Å². The Kier molecular flexibility index (Phi) is 5.83. The maximum atomic E-state index is 12.0. The molecule has 0 spiro atoms. The molecule has 6 heteroatoms. The molecule has 152 valence electrons. The summed E-state index contributed by atoms with van der Waals surface area (Å²) < 4.78 is 26.0. The molecule has 1 aromatic heterocycles. The Bertz CT molecular complexity index is 1050. The van der Waals surface area contributed by atoms with Crippen LogP contribution in [0, 0.1) is 0 Å². The summed E-state index contributed by atoms with van der Waals surface area (Å²) in [4.78, 5) is 2.32. The normalized spacial score (nSPS) is 18.3. The maximum absolute atomic E-state index is 12.0. The minimum atomic E-state index is -2.91. The number of hydrogen-bond acceptors (Lipinski definition) is 4. The summed E-state index contributed by atoms with van der Waals surface area (Å²) >= 11 is 0. The van der Waals surface area contributed by atoms with E-state index in [1.54, 1.807) is 0 Å². The molecule has 1 aliphatic heterocycles. The summed E-state index contributed by atoms with van der Waals surface area (Å²) in [7, 11) is -2.91. The van der Waals surface area contributed by atoms with Crippen molar-refractivity contribution >= 4 is 9.84 Å². The highest BCUT2D eigenvalue weighted by Gasteiger charge is 2.32. The molecule has 4 rings (SSSR count). The zero-order chi connectivity index (χ0) is 20.3. The largest absolute Gasteiger partial charge is 0.295 e. The zero-order valence-corrected chi connectivity index (χ0v) is 17.6. The van der Waals surface area contributed by atoms with Gasteiger partial charge in [0.15, 0.2) is 9.84 Å². The fourth-order valence-electron chi connectivity index (χ4n) is 4.04. The molecule has 2 aromatic carbocycles. The molecule has 2 heterocycles. The molecule has 0 aliphatic carbocycles. The van der Waals surface area contributed by atoms with Crippen LogP contribution in [0.1, 0.15) is 25.3 Å². The Balaban J connectivity index is 1.70. The number of sulfone groups is 1. The van der Waals surface area contributed by atoms with E-state index in [9.17, 15) is 8.42 Å². The summed E-state index contributed by atoms with van der Waals surface area (Å²) in [5, 5.41) is 4.89. The van der Waals surface area contributed by atoms with Gasteiger partial charge >= 0.3 is 0 Å². The third-order valence-electron chi connectivity index (χ3n) is 5.47. The fourth-order valence-corrected chi connectivity index (χ4v) is 5.80. The van der Waals surface area contributed by atoms with E-state index in [1.165, 1.54) is 0 Å². The first-order chi connectivity index (χ1) is 14.1. The van der Waals surface area contributed by atoms with E-state index in [0.717, 1.165) is 41.9 Å². The second-order valence-corrected chi connectivity index (χ2v) is 9.91. The highest BCUT2D eigenvalue weighted by Crippen LogP contribution is 2.27. The molecular formula is C23H27N3O2S. The quantitative estimate of drug-likeness (QED) is 0.593. The van der Waals surface area contributed by atoms with Crippen molar-refractivity contribution in [2.24, 2.45) is 0 Å². The first-order valence-corrected chi connectivity index (χ1v) is 12.0. The summed E-state index contributed by atoms with van der Waals surface area (Å²) in [5.74, 6) is 0.563. The lowest BCUT2D eigenvalue weighted by molar-refractivity contribution is 0.204. The minimum Gasteiger partial charge on any atom is -0.295 e. The highest BCUT2D eigenvalue weighted by molar-refractivity contribution is 7.91. The molecule has 5 nitrogen and oxygen atoms in total. The van der Waals surface area contributed by atoms with Crippen LogP contribution in [0.15, 0.2) is 66.9 Å². The number of nitrogens with zero attached hydrogens (tertiary/aromatic N) is 3. The SMILES string of the molecule is CCCN(Cc1cn(-c2ccccc2)nc1-c1ccccc1)C1CCS(=O)(=O)C1. The number of aromatic nitrogens is 2. The second-order valence-electron chi connectivity index (χ2n) is 7.68. The topological polar surface area (TPSA) is 55.2 Å². The maximum Gasteiger partial charge on any atom is 0.151 e. The molecule has 0 saturated carbocycles. The van der Waals surface area contributed by atoms with Crippen molar-refractivity contribution in [3.8, 4) is 16.9 Å². The lowest BCUT2D eigenvalue weighted by atomic mass is 10.1. The van der Waals surface area contributed by atoms with E-state index in [1.807, 2.05) is 53.2 Å². The molecule has 0 bridgehead atoms. The van der Waals surface area contributed by atoms with Crippen LogP contribution in [0.5, 0.6) is 0 Å². The van der Waals surface area contributed by atoms with Gasteiger partial charge in [-0.15, -0.1) is 0 Å². The van der Waals surface area contributed by atoms with E-state index in [-0.39, 0.29) is 11.8 Å². The van der Waals surface area contributed by atoms with Crippen molar-refractivity contribution in [1.29, 1.82) is 0 Å². The van der Waals surface area contributed by atoms with E-state index >= 15 is 0 Å². The molecule has 3 aromatic rings. The van der Waals surface area contributed by atoms with Gasteiger partial charge < -0.3 is 0 Å². The van der Waals surface area contributed by atoms with Crippen molar-refractivity contribution in [3.05, 3.63) is 72.4 Å². The lowest BCUT2D eigenvalue weighted by Crippen LogP contribution is -2.36. The van der Waals surface area contributed by atoms with E-state index in [4.69, 9.17) is 5.10 Å². The minimum absolute atomic E-state index is 0.0867. The predicted octanol–water partition coefficient (Wildman–Crippen LogP) is 3.94. The van der Waals surface area contributed by atoms with Crippen LogP contribution in [0.3, 0.4) is 0 Å². The fraction of sp³-hybridized carbons (Fsp3) is 0.348. The third kappa shape index (κ3) is 4.60. The molecule has 1 atom stereocenters. The van der Waals surface area contributed by atoms with Gasteiger partial charge in [-0.25, -0.2) is 13.1 Å². The van der Waals surface area contributed by atoms with Crippen LogP contribution in [0.25, 0.3) is 16.9 Å². The standard InChI is InChI=1S/C23H27N3O2S/c1-2-14-25(22-13-15-29(27,28)18-22)16-20-17-26(21-11-7-4-8-12-21)24-23(20)19-9-5-3-6-10-19/h3-12,17,22H,2,13-16,18H2,1H3. The van der Waals surface area contributed by atoms with Crippen LogP contribution in [0.4, 0.5) is 0 Å². The Hall–Kier alpha value is -2.44. The van der Waals surface area contributed by atoms with E-state index in [0.29, 0.717) is 12.3 Å².